The van der Waals surface area contributed by atoms with Crippen LogP contribution >= 0.6 is 0 Å². The van der Waals surface area contributed by atoms with Crippen LogP contribution in [-0.2, 0) is 6.18 Å². The Labute approximate surface area is 112 Å². The molecule has 0 fully saturated rings. The molecule has 0 aliphatic carbocycles. The molecule has 0 aliphatic rings. The van der Waals surface area contributed by atoms with E-state index >= 15 is 0 Å². The van der Waals surface area contributed by atoms with Gasteiger partial charge in [-0.3, -0.25) is 4.79 Å². The first-order chi connectivity index (χ1) is 9.36. The fourth-order valence-electron chi connectivity index (χ4n) is 1.79. The van der Waals surface area contributed by atoms with Crippen LogP contribution in [0.1, 0.15) is 28.7 Å². The average Bonchev–Trinajstić information content (AvgIpc) is 2.79. The summed E-state index contributed by atoms with van der Waals surface area (Å²) in [6, 6.07) is 8.95. The number of ketones is 1. The lowest BCUT2D eigenvalue weighted by Crippen LogP contribution is -2.14. The van der Waals surface area contributed by atoms with Crippen molar-refractivity contribution in [3.8, 4) is 11.8 Å². The van der Waals surface area contributed by atoms with Crippen LogP contribution in [0, 0.1) is 11.3 Å². The van der Waals surface area contributed by atoms with Gasteiger partial charge in [0.15, 0.2) is 11.5 Å². The number of hydrogen-bond acceptors (Lipinski definition) is 3. The number of nitrogens with zero attached hydrogens (tertiary/aromatic N) is 3. The van der Waals surface area contributed by atoms with Crippen LogP contribution < -0.4 is 0 Å². The number of carbonyl (C=O) groups is 1. The molecule has 1 aromatic heterocycles. The van der Waals surface area contributed by atoms with E-state index in [1.54, 1.807) is 6.07 Å². The van der Waals surface area contributed by atoms with Crippen LogP contribution in [0.15, 0.2) is 30.3 Å². The van der Waals surface area contributed by atoms with Gasteiger partial charge in [-0.05, 0) is 12.1 Å². The van der Waals surface area contributed by atoms with E-state index < -0.39 is 28.9 Å². The molecule has 0 N–H and O–H groups in total. The van der Waals surface area contributed by atoms with Gasteiger partial charge in [0, 0.05) is 6.92 Å². The SMILES string of the molecule is CC(=O)c1nn(-c2ccccc2)c(C(F)(F)F)c1C#N. The van der Waals surface area contributed by atoms with E-state index in [1.807, 2.05) is 0 Å². The molecule has 0 saturated heterocycles. The Morgan fingerprint density at radius 3 is 2.35 bits per heavy atom. The first-order valence-electron chi connectivity index (χ1n) is 5.53. The Bertz CT molecular complexity index is 696. The summed E-state index contributed by atoms with van der Waals surface area (Å²) >= 11 is 0. The standard InChI is InChI=1S/C13H8F3N3O/c1-8(20)11-10(7-17)12(13(14,15)16)19(18-11)9-5-3-2-4-6-9/h2-6H,1H3. The number of alkyl halides is 3. The van der Waals surface area contributed by atoms with Crippen LogP contribution in [-0.4, -0.2) is 15.6 Å². The van der Waals surface area contributed by atoms with Gasteiger partial charge in [0.2, 0.25) is 0 Å². The highest BCUT2D eigenvalue weighted by Gasteiger charge is 2.41. The van der Waals surface area contributed by atoms with Gasteiger partial charge in [-0.25, -0.2) is 4.68 Å². The fraction of sp³-hybridized carbons (Fsp3) is 0.154. The second kappa shape index (κ2) is 4.81. The summed E-state index contributed by atoms with van der Waals surface area (Å²) in [5, 5.41) is 12.6. The number of benzene rings is 1. The molecule has 0 bridgehead atoms. The quantitative estimate of drug-likeness (QED) is 0.794. The Morgan fingerprint density at radius 2 is 1.90 bits per heavy atom. The number of aromatic nitrogens is 2. The zero-order valence-corrected chi connectivity index (χ0v) is 10.3. The van der Waals surface area contributed by atoms with Crippen LogP contribution in [0.4, 0.5) is 13.2 Å². The van der Waals surface area contributed by atoms with E-state index in [0.717, 1.165) is 6.92 Å². The van der Waals surface area contributed by atoms with Crippen molar-refractivity contribution in [3.05, 3.63) is 47.3 Å². The van der Waals surface area contributed by atoms with Crippen molar-refractivity contribution < 1.29 is 18.0 Å². The summed E-state index contributed by atoms with van der Waals surface area (Å²) in [7, 11) is 0. The smallest absolute Gasteiger partial charge is 0.293 e. The predicted molar refractivity (Wildman–Crippen MR) is 63.3 cm³/mol. The molecule has 4 nitrogen and oxygen atoms in total. The number of rotatable bonds is 2. The maximum atomic E-state index is 13.1. The Kier molecular flexibility index (Phi) is 3.32. The summed E-state index contributed by atoms with van der Waals surface area (Å²) in [4.78, 5) is 11.4. The zero-order chi connectivity index (χ0) is 14.9. The van der Waals surface area contributed by atoms with Gasteiger partial charge in [-0.15, -0.1) is 0 Å². The highest BCUT2D eigenvalue weighted by atomic mass is 19.4. The van der Waals surface area contributed by atoms with Crippen molar-refractivity contribution in [2.24, 2.45) is 0 Å². The van der Waals surface area contributed by atoms with E-state index in [1.165, 1.54) is 30.3 Å². The molecular formula is C13H8F3N3O. The molecule has 1 aromatic carbocycles. The van der Waals surface area contributed by atoms with Crippen molar-refractivity contribution in [2.45, 2.75) is 13.1 Å². The first kappa shape index (κ1) is 13.8. The number of carbonyl (C=O) groups excluding carboxylic acids is 1. The van der Waals surface area contributed by atoms with E-state index in [0.29, 0.717) is 4.68 Å². The van der Waals surface area contributed by atoms with Crippen LogP contribution in [0.3, 0.4) is 0 Å². The van der Waals surface area contributed by atoms with Gasteiger partial charge < -0.3 is 0 Å². The molecule has 2 rings (SSSR count). The minimum atomic E-state index is -4.79. The highest BCUT2D eigenvalue weighted by molar-refractivity contribution is 5.95. The van der Waals surface area contributed by atoms with Crippen molar-refractivity contribution in [3.63, 3.8) is 0 Å². The largest absolute Gasteiger partial charge is 0.434 e. The highest BCUT2D eigenvalue weighted by Crippen LogP contribution is 2.34. The lowest BCUT2D eigenvalue weighted by atomic mass is 10.1. The van der Waals surface area contributed by atoms with Gasteiger partial charge in [0.25, 0.3) is 0 Å². The summed E-state index contributed by atoms with van der Waals surface area (Å²) < 4.78 is 40.0. The summed E-state index contributed by atoms with van der Waals surface area (Å²) in [5.41, 5.74) is -2.35. The van der Waals surface area contributed by atoms with Gasteiger partial charge >= 0.3 is 6.18 Å². The number of nitriles is 1. The van der Waals surface area contributed by atoms with E-state index in [-0.39, 0.29) is 5.69 Å². The maximum absolute atomic E-state index is 13.1. The zero-order valence-electron chi connectivity index (χ0n) is 10.3. The average molecular weight is 279 g/mol. The Hall–Kier alpha value is -2.62. The summed E-state index contributed by atoms with van der Waals surface area (Å²) in [6.07, 6.45) is -4.79. The minimum Gasteiger partial charge on any atom is -0.293 e. The van der Waals surface area contributed by atoms with Gasteiger partial charge in [-0.1, -0.05) is 18.2 Å². The number of halogens is 3. The molecule has 2 aromatic rings. The lowest BCUT2D eigenvalue weighted by Gasteiger charge is -2.10. The molecule has 102 valence electrons. The van der Waals surface area contributed by atoms with E-state index in [2.05, 4.69) is 5.10 Å². The van der Waals surface area contributed by atoms with Crippen molar-refractivity contribution in [2.75, 3.05) is 0 Å². The third kappa shape index (κ3) is 2.28. The molecule has 20 heavy (non-hydrogen) atoms. The van der Waals surface area contributed by atoms with Crippen LogP contribution in [0.25, 0.3) is 5.69 Å². The summed E-state index contributed by atoms with van der Waals surface area (Å²) in [5.74, 6) is -0.693. The second-order valence-corrected chi connectivity index (χ2v) is 3.99. The third-order valence-corrected chi connectivity index (χ3v) is 2.60. The van der Waals surface area contributed by atoms with Crippen LogP contribution in [0.5, 0.6) is 0 Å². The minimum absolute atomic E-state index is 0.129. The molecule has 1 heterocycles. The fourth-order valence-corrected chi connectivity index (χ4v) is 1.79. The van der Waals surface area contributed by atoms with Crippen molar-refractivity contribution in [1.82, 2.24) is 9.78 Å². The van der Waals surface area contributed by atoms with Gasteiger partial charge in [0.1, 0.15) is 17.3 Å². The van der Waals surface area contributed by atoms with Gasteiger partial charge in [-0.2, -0.15) is 23.5 Å². The topological polar surface area (TPSA) is 58.7 Å². The lowest BCUT2D eigenvalue weighted by molar-refractivity contribution is -0.143. The molecule has 0 amide bonds. The number of para-hydroxylation sites is 1. The molecule has 0 atom stereocenters. The summed E-state index contributed by atoms with van der Waals surface area (Å²) in [6.45, 7) is 1.07. The monoisotopic (exact) mass is 279 g/mol. The number of Topliss-reactive ketones (excluding diaryl/α,β-unsaturated/α-hetero) is 1. The predicted octanol–water partition coefficient (Wildman–Crippen LogP) is 2.97. The molecule has 0 unspecified atom stereocenters. The van der Waals surface area contributed by atoms with E-state index in [9.17, 15) is 18.0 Å². The molecule has 0 spiro atoms. The Balaban J connectivity index is 2.82. The molecule has 0 radical (unpaired) electrons. The number of hydrogen-bond donors (Lipinski definition) is 0. The Morgan fingerprint density at radius 1 is 1.30 bits per heavy atom. The third-order valence-electron chi connectivity index (χ3n) is 2.60. The van der Waals surface area contributed by atoms with Crippen molar-refractivity contribution >= 4 is 5.78 Å². The first-order valence-corrected chi connectivity index (χ1v) is 5.53. The normalized spacial score (nSPS) is 11.2. The second-order valence-electron chi connectivity index (χ2n) is 3.99. The molecule has 0 aliphatic heterocycles. The molecule has 7 heteroatoms. The molecule has 0 saturated carbocycles. The maximum Gasteiger partial charge on any atom is 0.434 e. The van der Waals surface area contributed by atoms with Gasteiger partial charge in [0.05, 0.1) is 5.69 Å². The van der Waals surface area contributed by atoms with Crippen LogP contribution in [0.2, 0.25) is 0 Å². The molecular weight excluding hydrogens is 271 g/mol. The van der Waals surface area contributed by atoms with E-state index in [4.69, 9.17) is 5.26 Å². The van der Waals surface area contributed by atoms with Crippen molar-refractivity contribution in [1.29, 1.82) is 5.26 Å².